The summed E-state index contributed by atoms with van der Waals surface area (Å²) in [5.41, 5.74) is -0.839. The number of benzene rings is 2. The number of anilines is 1. The number of hydrogen-bond acceptors (Lipinski definition) is 9. The number of halogens is 3. The van der Waals surface area contributed by atoms with Crippen LogP contribution in [-0.2, 0) is 0 Å². The third-order valence-electron chi connectivity index (χ3n) is 10.9. The molecule has 4 aromatic rings. The molecule has 6 atom stereocenters. The predicted octanol–water partition coefficient (Wildman–Crippen LogP) is 4.73. The molecular weight excluding hydrogens is 611 g/mol. The first-order valence-corrected chi connectivity index (χ1v) is 16.2. The second-order valence-electron chi connectivity index (χ2n) is 13.6. The molecule has 0 spiro atoms. The van der Waals surface area contributed by atoms with E-state index in [1.165, 1.54) is 24.3 Å². The predicted molar refractivity (Wildman–Crippen MR) is 167 cm³/mol. The normalized spacial score (nSPS) is 28.9. The van der Waals surface area contributed by atoms with Gasteiger partial charge >= 0.3 is 6.01 Å². The number of hydrogen-bond donors (Lipinski definition) is 2. The summed E-state index contributed by atoms with van der Waals surface area (Å²) in [6.45, 7) is 1.36. The Bertz CT molecular complexity index is 2010. The Morgan fingerprint density at radius 1 is 1.15 bits per heavy atom. The summed E-state index contributed by atoms with van der Waals surface area (Å²) in [6.07, 6.45) is 8.32. The second-order valence-corrected chi connectivity index (χ2v) is 13.6. The number of rotatable bonds is 7. The van der Waals surface area contributed by atoms with Crippen molar-refractivity contribution in [3.63, 3.8) is 0 Å². The molecule has 0 amide bonds. The van der Waals surface area contributed by atoms with Gasteiger partial charge in [-0.15, -0.1) is 6.42 Å². The van der Waals surface area contributed by atoms with E-state index in [0.717, 1.165) is 25.8 Å². The zero-order valence-electron chi connectivity index (χ0n) is 25.4. The van der Waals surface area contributed by atoms with Crippen LogP contribution in [-0.4, -0.2) is 86.8 Å². The summed E-state index contributed by atoms with van der Waals surface area (Å²) in [5, 5.41) is 21.5. The Kier molecular flexibility index (Phi) is 6.34. The molecule has 9 nitrogen and oxygen atoms in total. The van der Waals surface area contributed by atoms with Gasteiger partial charge in [-0.2, -0.15) is 9.97 Å². The first-order chi connectivity index (χ1) is 22.8. The zero-order valence-corrected chi connectivity index (χ0v) is 25.4. The van der Waals surface area contributed by atoms with Crippen LogP contribution in [0.5, 0.6) is 17.6 Å². The molecule has 2 unspecified atom stereocenters. The molecule has 2 saturated carbocycles. The molecule has 5 aliphatic rings. The summed E-state index contributed by atoms with van der Waals surface area (Å²) in [7, 11) is 0. The van der Waals surface area contributed by atoms with E-state index in [1.54, 1.807) is 0 Å². The van der Waals surface area contributed by atoms with E-state index in [4.69, 9.17) is 20.9 Å². The topological polar surface area (TPSA) is 104 Å². The van der Waals surface area contributed by atoms with Gasteiger partial charge in [0.2, 0.25) is 5.88 Å². The molecule has 2 saturated heterocycles. The van der Waals surface area contributed by atoms with E-state index < -0.39 is 23.3 Å². The van der Waals surface area contributed by atoms with Crippen LogP contribution in [0, 0.1) is 35.8 Å². The largest absolute Gasteiger partial charge is 0.508 e. The van der Waals surface area contributed by atoms with Crippen molar-refractivity contribution >= 4 is 27.5 Å². The third kappa shape index (κ3) is 4.36. The highest BCUT2D eigenvalue weighted by Crippen LogP contribution is 2.66. The molecule has 0 bridgehead atoms. The standard InChI is InChI=1S/C35H32F3N5O4/c1-2-21-25(37)5-4-17-10-20(45)11-24(26(17)21)29-28(38)30-27-32(41-34(40-30)47-16-35-7-3-8-42(35)14-18(36)13-35)43(31-22-12-23(22)31)19(6-9-44)15-46-33(27)39-29/h1,4-5,10-11,18-19,22-23,31,44-45H,3,6-9,12-16H2/t18-,19+,22+,23?,31?,35+/m1/s1. The Morgan fingerprint density at radius 2 is 2.00 bits per heavy atom. The number of nitrogens with zero attached hydrogens (tertiary/aromatic N) is 5. The van der Waals surface area contributed by atoms with Crippen molar-refractivity contribution in [3.05, 3.63) is 41.5 Å². The monoisotopic (exact) mass is 643 g/mol. The molecular formula is C35H32F3N5O4. The van der Waals surface area contributed by atoms with Crippen LogP contribution in [0.3, 0.4) is 0 Å². The van der Waals surface area contributed by atoms with Crippen LogP contribution in [0.2, 0.25) is 0 Å². The van der Waals surface area contributed by atoms with Crippen LogP contribution in [0.4, 0.5) is 19.0 Å². The first kappa shape index (κ1) is 28.8. The average Bonchev–Trinajstić information content (AvgIpc) is 3.92. The van der Waals surface area contributed by atoms with Crippen LogP contribution in [0.15, 0.2) is 24.3 Å². The number of alkyl halides is 1. The molecule has 2 aromatic heterocycles. The minimum atomic E-state index is -0.946. The quantitative estimate of drug-likeness (QED) is 0.277. The van der Waals surface area contributed by atoms with Crippen LogP contribution in [0.25, 0.3) is 32.9 Å². The maximum atomic E-state index is 17.1. The van der Waals surface area contributed by atoms with Crippen molar-refractivity contribution in [1.29, 1.82) is 0 Å². The minimum Gasteiger partial charge on any atom is -0.508 e. The van der Waals surface area contributed by atoms with Gasteiger partial charge in [0, 0.05) is 36.6 Å². The van der Waals surface area contributed by atoms with Gasteiger partial charge < -0.3 is 24.6 Å². The van der Waals surface area contributed by atoms with Gasteiger partial charge in [-0.05, 0) is 67.6 Å². The number of aromatic nitrogens is 3. The molecule has 4 fully saturated rings. The lowest BCUT2D eigenvalue weighted by molar-refractivity contribution is 0.107. The van der Waals surface area contributed by atoms with Gasteiger partial charge in [-0.25, -0.2) is 18.2 Å². The molecule has 2 aromatic carbocycles. The number of terminal acetylenes is 1. The molecule has 2 aliphatic carbocycles. The molecule has 47 heavy (non-hydrogen) atoms. The van der Waals surface area contributed by atoms with Crippen molar-refractivity contribution in [2.75, 3.05) is 37.8 Å². The number of aromatic hydroxyl groups is 1. The summed E-state index contributed by atoms with van der Waals surface area (Å²) in [4.78, 5) is 18.3. The summed E-state index contributed by atoms with van der Waals surface area (Å²) in [5.74, 6) is 2.14. The number of fused-ring (bicyclic) bond motifs is 3. The minimum absolute atomic E-state index is 0.0573. The molecule has 2 N–H and O–H groups in total. The maximum absolute atomic E-state index is 17.1. The van der Waals surface area contributed by atoms with E-state index >= 15 is 4.39 Å². The number of phenols is 1. The van der Waals surface area contributed by atoms with Crippen molar-refractivity contribution < 1.29 is 32.9 Å². The van der Waals surface area contributed by atoms with Gasteiger partial charge in [0.1, 0.15) is 53.4 Å². The van der Waals surface area contributed by atoms with Gasteiger partial charge in [-0.3, -0.25) is 4.90 Å². The fourth-order valence-electron chi connectivity index (χ4n) is 8.38. The number of phenolic OH excluding ortho intramolecular Hbond substituents is 1. The number of pyridine rings is 1. The smallest absolute Gasteiger partial charge is 0.319 e. The van der Waals surface area contributed by atoms with E-state index in [0.29, 0.717) is 42.4 Å². The Labute approximate surface area is 268 Å². The molecule has 242 valence electrons. The fourth-order valence-corrected chi connectivity index (χ4v) is 8.38. The number of ether oxygens (including phenoxy) is 2. The van der Waals surface area contributed by atoms with Crippen LogP contribution in [0.1, 0.15) is 37.7 Å². The van der Waals surface area contributed by atoms with Gasteiger partial charge in [0.05, 0.1) is 17.1 Å². The van der Waals surface area contributed by atoms with Gasteiger partial charge in [0.25, 0.3) is 0 Å². The fraction of sp³-hybridized carbons (Fsp3) is 0.457. The SMILES string of the molecule is C#Cc1c(F)ccc2cc(O)cc(-c3nc4c5c(nc(OC[C@@]67CCCN6C[C@H](F)C7)nc5c3F)N(C3C5C[C@@H]53)[C@@H](CCO)CO4)c12. The lowest BCUT2D eigenvalue weighted by atomic mass is 9.95. The first-order valence-electron chi connectivity index (χ1n) is 16.2. The average molecular weight is 644 g/mol. The van der Waals surface area contributed by atoms with Gasteiger partial charge in [0.15, 0.2) is 5.82 Å². The van der Waals surface area contributed by atoms with Gasteiger partial charge in [-0.1, -0.05) is 12.0 Å². The van der Waals surface area contributed by atoms with Crippen molar-refractivity contribution in [2.45, 2.75) is 55.9 Å². The molecule has 5 heterocycles. The van der Waals surface area contributed by atoms with Crippen molar-refractivity contribution in [1.82, 2.24) is 19.9 Å². The highest BCUT2D eigenvalue weighted by Gasteiger charge is 2.68. The number of aliphatic hydroxyl groups excluding tert-OH is 1. The third-order valence-corrected chi connectivity index (χ3v) is 10.9. The van der Waals surface area contributed by atoms with E-state index in [1.807, 2.05) is 0 Å². The summed E-state index contributed by atoms with van der Waals surface area (Å²) < 4.78 is 59.1. The highest BCUT2D eigenvalue weighted by molar-refractivity contribution is 6.04. The van der Waals surface area contributed by atoms with E-state index in [9.17, 15) is 19.0 Å². The van der Waals surface area contributed by atoms with E-state index in [-0.39, 0.29) is 82.7 Å². The molecule has 12 heteroatoms. The van der Waals surface area contributed by atoms with Crippen molar-refractivity contribution in [2.24, 2.45) is 11.8 Å². The van der Waals surface area contributed by atoms with Crippen molar-refractivity contribution in [3.8, 4) is 41.2 Å². The Balaban J connectivity index is 1.25. The Hall–Kier alpha value is -4.34. The molecule has 9 rings (SSSR count). The Morgan fingerprint density at radius 3 is 2.77 bits per heavy atom. The lowest BCUT2D eigenvalue weighted by Gasteiger charge is -2.34. The van der Waals surface area contributed by atoms with E-state index in [2.05, 4.69) is 25.7 Å². The maximum Gasteiger partial charge on any atom is 0.319 e. The number of aliphatic hydroxyl groups is 1. The molecule has 0 radical (unpaired) electrons. The summed E-state index contributed by atoms with van der Waals surface area (Å²) in [6, 6.07) is 5.20. The molecule has 3 aliphatic heterocycles. The highest BCUT2D eigenvalue weighted by atomic mass is 19.1. The van der Waals surface area contributed by atoms with Crippen LogP contribution < -0.4 is 14.4 Å². The summed E-state index contributed by atoms with van der Waals surface area (Å²) >= 11 is 0. The lowest BCUT2D eigenvalue weighted by Crippen LogP contribution is -2.44. The van der Waals surface area contributed by atoms with Crippen LogP contribution >= 0.6 is 0 Å². The second kappa shape index (κ2) is 10.3. The zero-order chi connectivity index (χ0) is 32.2.